The second kappa shape index (κ2) is 9.78. The fourth-order valence-corrected chi connectivity index (χ4v) is 2.31. The van der Waals surface area contributed by atoms with Crippen LogP contribution in [0.3, 0.4) is 0 Å². The third-order valence-corrected chi connectivity index (χ3v) is 3.66. The van der Waals surface area contributed by atoms with Crippen LogP contribution in [0.2, 0.25) is 0 Å². The zero-order valence-electron chi connectivity index (χ0n) is 13.3. The summed E-state index contributed by atoms with van der Waals surface area (Å²) in [4.78, 5) is 23.2. The van der Waals surface area contributed by atoms with E-state index in [0.717, 1.165) is 10.0 Å². The summed E-state index contributed by atoms with van der Waals surface area (Å²) in [6.07, 6.45) is 0.561. The fraction of sp³-hybridized carbons (Fsp3) is 0.222. The van der Waals surface area contributed by atoms with Gasteiger partial charge in [-0.25, -0.2) is 9.18 Å². The summed E-state index contributed by atoms with van der Waals surface area (Å²) < 4.78 is 23.7. The van der Waals surface area contributed by atoms with Gasteiger partial charge in [0.25, 0.3) is 5.91 Å². The van der Waals surface area contributed by atoms with Gasteiger partial charge in [-0.1, -0.05) is 34.1 Å². The van der Waals surface area contributed by atoms with Crippen molar-refractivity contribution in [3.8, 4) is 5.75 Å². The van der Waals surface area contributed by atoms with Gasteiger partial charge in [0, 0.05) is 11.0 Å². The number of rotatable bonds is 8. The third-order valence-electron chi connectivity index (χ3n) is 3.17. The van der Waals surface area contributed by atoms with Crippen LogP contribution in [0.4, 0.5) is 4.39 Å². The largest absolute Gasteiger partial charge is 0.482 e. The molecule has 0 bridgehead atoms. The lowest BCUT2D eigenvalue weighted by molar-refractivity contribution is -0.150. The normalized spacial score (nSPS) is 10.2. The summed E-state index contributed by atoms with van der Waals surface area (Å²) in [6.45, 7) is -0.278. The van der Waals surface area contributed by atoms with E-state index in [-0.39, 0.29) is 19.0 Å². The number of esters is 1. The van der Waals surface area contributed by atoms with E-state index in [9.17, 15) is 14.0 Å². The first-order valence-electron chi connectivity index (χ1n) is 7.58. The molecule has 0 aliphatic rings. The van der Waals surface area contributed by atoms with E-state index in [0.29, 0.717) is 18.7 Å². The fourth-order valence-electron chi connectivity index (χ4n) is 1.94. The summed E-state index contributed by atoms with van der Waals surface area (Å²) in [5.41, 5.74) is 0.904. The second-order valence-electron chi connectivity index (χ2n) is 5.13. The minimum atomic E-state index is -0.631. The van der Waals surface area contributed by atoms with E-state index >= 15 is 0 Å². The maximum absolute atomic E-state index is 12.8. The Labute approximate surface area is 153 Å². The average molecular weight is 410 g/mol. The number of carbonyl (C=O) groups is 2. The van der Waals surface area contributed by atoms with Gasteiger partial charge in [0.15, 0.2) is 13.2 Å². The second-order valence-corrected chi connectivity index (χ2v) is 6.05. The molecule has 0 saturated heterocycles. The first-order chi connectivity index (χ1) is 12.0. The number of hydrogen-bond donors (Lipinski definition) is 1. The topological polar surface area (TPSA) is 64.6 Å². The SMILES string of the molecule is O=C(COC(=O)COc1cccc(Br)c1)NCCc1ccc(F)cc1. The third kappa shape index (κ3) is 7.34. The lowest BCUT2D eigenvalue weighted by Gasteiger charge is -2.08. The van der Waals surface area contributed by atoms with Crippen LogP contribution in [0.5, 0.6) is 5.75 Å². The molecule has 0 heterocycles. The molecule has 25 heavy (non-hydrogen) atoms. The molecular formula is C18H17BrFNO4. The standard InChI is InChI=1S/C18H17BrFNO4/c19-14-2-1-3-16(10-14)24-12-18(23)25-11-17(22)21-9-8-13-4-6-15(20)7-5-13/h1-7,10H,8-9,11-12H2,(H,21,22). The zero-order valence-corrected chi connectivity index (χ0v) is 14.9. The van der Waals surface area contributed by atoms with Crippen LogP contribution >= 0.6 is 15.9 Å². The molecule has 0 aromatic heterocycles. The van der Waals surface area contributed by atoms with Crippen molar-refractivity contribution in [3.63, 3.8) is 0 Å². The molecule has 5 nitrogen and oxygen atoms in total. The molecule has 0 aliphatic heterocycles. The van der Waals surface area contributed by atoms with Gasteiger partial charge in [-0.3, -0.25) is 4.79 Å². The Morgan fingerprint density at radius 3 is 2.56 bits per heavy atom. The maximum Gasteiger partial charge on any atom is 0.344 e. The van der Waals surface area contributed by atoms with Crippen LogP contribution in [-0.2, 0) is 20.7 Å². The van der Waals surface area contributed by atoms with Crippen LogP contribution in [0, 0.1) is 5.82 Å². The highest BCUT2D eigenvalue weighted by Gasteiger charge is 2.08. The quantitative estimate of drug-likeness (QED) is 0.680. The number of benzene rings is 2. The predicted octanol–water partition coefficient (Wildman–Crippen LogP) is 2.87. The molecule has 0 unspecified atom stereocenters. The van der Waals surface area contributed by atoms with Gasteiger partial charge < -0.3 is 14.8 Å². The Kier molecular flexibility index (Phi) is 7.40. The first kappa shape index (κ1) is 18.9. The smallest absolute Gasteiger partial charge is 0.344 e. The molecule has 0 radical (unpaired) electrons. The number of nitrogens with one attached hydrogen (secondary N) is 1. The number of halogens is 2. The highest BCUT2D eigenvalue weighted by molar-refractivity contribution is 9.10. The molecule has 0 atom stereocenters. The van der Waals surface area contributed by atoms with Gasteiger partial charge >= 0.3 is 5.97 Å². The maximum atomic E-state index is 12.8. The molecule has 7 heteroatoms. The lowest BCUT2D eigenvalue weighted by atomic mass is 10.1. The monoisotopic (exact) mass is 409 g/mol. The number of hydrogen-bond acceptors (Lipinski definition) is 4. The van der Waals surface area contributed by atoms with Crippen LogP contribution in [0.25, 0.3) is 0 Å². The number of ether oxygens (including phenoxy) is 2. The molecule has 2 rings (SSSR count). The molecule has 0 spiro atoms. The van der Waals surface area contributed by atoms with Crippen molar-refractivity contribution in [3.05, 3.63) is 64.4 Å². The van der Waals surface area contributed by atoms with E-state index < -0.39 is 11.9 Å². The molecule has 1 amide bonds. The lowest BCUT2D eigenvalue weighted by Crippen LogP contribution is -2.31. The summed E-state index contributed by atoms with van der Waals surface area (Å²) in [6, 6.07) is 13.1. The van der Waals surface area contributed by atoms with Crippen molar-refractivity contribution < 1.29 is 23.5 Å². The minimum absolute atomic E-state index is 0.278. The van der Waals surface area contributed by atoms with Gasteiger partial charge in [-0.2, -0.15) is 0 Å². The van der Waals surface area contributed by atoms with Crippen LogP contribution in [-0.4, -0.2) is 31.6 Å². The van der Waals surface area contributed by atoms with E-state index in [4.69, 9.17) is 9.47 Å². The van der Waals surface area contributed by atoms with E-state index in [1.54, 1.807) is 30.3 Å². The molecule has 2 aromatic rings. The summed E-state index contributed by atoms with van der Waals surface area (Å²) in [7, 11) is 0. The molecule has 0 fully saturated rings. The van der Waals surface area contributed by atoms with Gasteiger partial charge in [0.2, 0.25) is 0 Å². The summed E-state index contributed by atoms with van der Waals surface area (Å²) in [5, 5.41) is 2.63. The minimum Gasteiger partial charge on any atom is -0.482 e. The summed E-state index contributed by atoms with van der Waals surface area (Å²) >= 11 is 3.30. The Bertz CT molecular complexity index is 721. The highest BCUT2D eigenvalue weighted by Crippen LogP contribution is 2.17. The number of amides is 1. The molecule has 0 aliphatic carbocycles. The van der Waals surface area contributed by atoms with E-state index in [2.05, 4.69) is 21.2 Å². The first-order valence-corrected chi connectivity index (χ1v) is 8.37. The Balaban J connectivity index is 1.60. The van der Waals surface area contributed by atoms with Gasteiger partial charge in [-0.15, -0.1) is 0 Å². The van der Waals surface area contributed by atoms with Crippen molar-refractivity contribution in [2.45, 2.75) is 6.42 Å². The van der Waals surface area contributed by atoms with Crippen molar-refractivity contribution in [1.29, 1.82) is 0 Å². The average Bonchev–Trinajstić information content (AvgIpc) is 2.60. The Morgan fingerprint density at radius 2 is 1.84 bits per heavy atom. The van der Waals surface area contributed by atoms with Gasteiger partial charge in [0.05, 0.1) is 0 Å². The van der Waals surface area contributed by atoms with Crippen molar-refractivity contribution in [2.75, 3.05) is 19.8 Å². The zero-order chi connectivity index (χ0) is 18.1. The van der Waals surface area contributed by atoms with Gasteiger partial charge in [-0.05, 0) is 42.3 Å². The predicted molar refractivity (Wildman–Crippen MR) is 93.7 cm³/mol. The van der Waals surface area contributed by atoms with E-state index in [1.807, 2.05) is 6.07 Å². The molecule has 132 valence electrons. The number of carbonyl (C=O) groups excluding carboxylic acids is 2. The van der Waals surface area contributed by atoms with Crippen LogP contribution in [0.1, 0.15) is 5.56 Å². The highest BCUT2D eigenvalue weighted by atomic mass is 79.9. The Hall–Kier alpha value is -2.41. The molecule has 1 N–H and O–H groups in total. The molecular weight excluding hydrogens is 393 g/mol. The van der Waals surface area contributed by atoms with Crippen molar-refractivity contribution in [2.24, 2.45) is 0 Å². The van der Waals surface area contributed by atoms with Crippen LogP contribution in [0.15, 0.2) is 53.0 Å². The van der Waals surface area contributed by atoms with Gasteiger partial charge in [0.1, 0.15) is 11.6 Å². The summed E-state index contributed by atoms with van der Waals surface area (Å²) in [5.74, 6) is -0.813. The molecule has 2 aromatic carbocycles. The van der Waals surface area contributed by atoms with Crippen molar-refractivity contribution in [1.82, 2.24) is 5.32 Å². The Morgan fingerprint density at radius 1 is 1.08 bits per heavy atom. The van der Waals surface area contributed by atoms with Crippen molar-refractivity contribution >= 4 is 27.8 Å². The van der Waals surface area contributed by atoms with Crippen LogP contribution < -0.4 is 10.1 Å². The molecule has 0 saturated carbocycles. The van der Waals surface area contributed by atoms with E-state index in [1.165, 1.54) is 12.1 Å².